The molecule has 3 nitrogen and oxygen atoms in total. The number of β-amino-alcohol motifs (C(OH)–C–C–N with tert-alkyl or cyclic N) is 1. The summed E-state index contributed by atoms with van der Waals surface area (Å²) in [6, 6.07) is 6.13. The molecular formula is C13H20N2O. The van der Waals surface area contributed by atoms with Crippen LogP contribution in [0.4, 0.5) is 5.69 Å². The van der Waals surface area contributed by atoms with Gasteiger partial charge in [-0.25, -0.2) is 0 Å². The molecule has 0 aromatic heterocycles. The lowest BCUT2D eigenvalue weighted by Gasteiger charge is -2.30. The Bertz CT molecular complexity index is 365. The van der Waals surface area contributed by atoms with Gasteiger partial charge in [-0.3, -0.25) is 4.90 Å². The van der Waals surface area contributed by atoms with Crippen LogP contribution in [-0.4, -0.2) is 29.2 Å². The van der Waals surface area contributed by atoms with Gasteiger partial charge in [-0.1, -0.05) is 19.1 Å². The molecule has 16 heavy (non-hydrogen) atoms. The molecule has 3 N–H and O–H groups in total. The number of hydrogen-bond acceptors (Lipinski definition) is 3. The Balaban J connectivity index is 2.08. The minimum absolute atomic E-state index is 0.216. The summed E-state index contributed by atoms with van der Waals surface area (Å²) in [5.74, 6) is 0. The average molecular weight is 220 g/mol. The van der Waals surface area contributed by atoms with Gasteiger partial charge in [0.05, 0.1) is 6.10 Å². The number of aliphatic hydroxyl groups excluding tert-OH is 1. The van der Waals surface area contributed by atoms with Crippen molar-refractivity contribution in [2.45, 2.75) is 32.4 Å². The zero-order chi connectivity index (χ0) is 11.5. The molecule has 1 aliphatic rings. The molecule has 0 aliphatic carbocycles. The molecule has 1 unspecified atom stereocenters. The third-order valence-corrected chi connectivity index (χ3v) is 3.33. The summed E-state index contributed by atoms with van der Waals surface area (Å²) < 4.78 is 0. The maximum atomic E-state index is 9.65. The van der Waals surface area contributed by atoms with E-state index >= 15 is 0 Å². The number of nitrogen functional groups attached to an aromatic ring is 1. The van der Waals surface area contributed by atoms with Crippen LogP contribution in [0.2, 0.25) is 0 Å². The van der Waals surface area contributed by atoms with Gasteiger partial charge in [0.15, 0.2) is 0 Å². The van der Waals surface area contributed by atoms with Crippen molar-refractivity contribution in [1.82, 2.24) is 4.90 Å². The van der Waals surface area contributed by atoms with Crippen molar-refractivity contribution < 1.29 is 5.11 Å². The van der Waals surface area contributed by atoms with Crippen molar-refractivity contribution in [1.29, 1.82) is 0 Å². The highest BCUT2D eigenvalue weighted by atomic mass is 16.3. The normalized spacial score (nSPS) is 18.1. The van der Waals surface area contributed by atoms with Gasteiger partial charge in [0.2, 0.25) is 0 Å². The minimum atomic E-state index is -0.216. The number of aliphatic hydroxyl groups is 1. The number of benzene rings is 1. The molecule has 0 radical (unpaired) electrons. The van der Waals surface area contributed by atoms with E-state index in [9.17, 15) is 5.11 Å². The van der Waals surface area contributed by atoms with Gasteiger partial charge in [0, 0.05) is 25.3 Å². The molecule has 1 heterocycles. The van der Waals surface area contributed by atoms with Gasteiger partial charge in [0.25, 0.3) is 0 Å². The van der Waals surface area contributed by atoms with Gasteiger partial charge in [0.1, 0.15) is 0 Å². The lowest BCUT2D eigenvalue weighted by Crippen LogP contribution is -2.36. The standard InChI is InChI=1S/C13H20N2O/c1-2-11(16)8-15-7-6-10-4-3-5-13(14)12(10)9-15/h3-5,11,16H,2,6-9,14H2,1H3. The first-order chi connectivity index (χ1) is 7.70. The fraction of sp³-hybridized carbons (Fsp3) is 0.538. The van der Waals surface area contributed by atoms with Gasteiger partial charge >= 0.3 is 0 Å². The van der Waals surface area contributed by atoms with Gasteiger partial charge < -0.3 is 10.8 Å². The van der Waals surface area contributed by atoms with Crippen molar-refractivity contribution in [3.8, 4) is 0 Å². The summed E-state index contributed by atoms with van der Waals surface area (Å²) in [6.45, 7) is 4.66. The fourth-order valence-corrected chi connectivity index (χ4v) is 2.25. The van der Waals surface area contributed by atoms with Crippen molar-refractivity contribution in [3.05, 3.63) is 29.3 Å². The summed E-state index contributed by atoms with van der Waals surface area (Å²) in [6.07, 6.45) is 1.64. The lowest BCUT2D eigenvalue weighted by molar-refractivity contribution is 0.103. The van der Waals surface area contributed by atoms with Gasteiger partial charge in [-0.15, -0.1) is 0 Å². The Morgan fingerprint density at radius 1 is 1.50 bits per heavy atom. The highest BCUT2D eigenvalue weighted by Crippen LogP contribution is 2.24. The number of nitrogens with zero attached hydrogens (tertiary/aromatic N) is 1. The second-order valence-electron chi connectivity index (χ2n) is 4.53. The third-order valence-electron chi connectivity index (χ3n) is 3.33. The van der Waals surface area contributed by atoms with E-state index in [1.54, 1.807) is 0 Å². The number of hydrogen-bond donors (Lipinski definition) is 2. The Kier molecular flexibility index (Phi) is 3.46. The Morgan fingerprint density at radius 3 is 3.06 bits per heavy atom. The summed E-state index contributed by atoms with van der Waals surface area (Å²) in [7, 11) is 0. The van der Waals surface area contributed by atoms with Crippen LogP contribution in [0.5, 0.6) is 0 Å². The Morgan fingerprint density at radius 2 is 2.31 bits per heavy atom. The van der Waals surface area contributed by atoms with E-state index in [4.69, 9.17) is 5.73 Å². The number of rotatable bonds is 3. The molecule has 1 atom stereocenters. The highest BCUT2D eigenvalue weighted by Gasteiger charge is 2.19. The van der Waals surface area contributed by atoms with E-state index in [2.05, 4.69) is 11.0 Å². The van der Waals surface area contributed by atoms with Crippen molar-refractivity contribution in [3.63, 3.8) is 0 Å². The molecule has 0 saturated carbocycles. The quantitative estimate of drug-likeness (QED) is 0.757. The molecule has 0 spiro atoms. The van der Waals surface area contributed by atoms with E-state index in [-0.39, 0.29) is 6.10 Å². The minimum Gasteiger partial charge on any atom is -0.398 e. The van der Waals surface area contributed by atoms with Crippen LogP contribution in [0, 0.1) is 0 Å². The van der Waals surface area contributed by atoms with Crippen LogP contribution >= 0.6 is 0 Å². The fourth-order valence-electron chi connectivity index (χ4n) is 2.25. The molecule has 0 saturated heterocycles. The molecule has 1 aromatic rings. The second kappa shape index (κ2) is 4.85. The van der Waals surface area contributed by atoms with Crippen LogP contribution in [0.3, 0.4) is 0 Å². The number of fused-ring (bicyclic) bond motifs is 1. The average Bonchev–Trinajstić information content (AvgIpc) is 2.30. The molecule has 0 fully saturated rings. The molecule has 2 rings (SSSR count). The monoisotopic (exact) mass is 220 g/mol. The van der Waals surface area contributed by atoms with Crippen LogP contribution in [0.15, 0.2) is 18.2 Å². The largest absolute Gasteiger partial charge is 0.398 e. The molecule has 1 aliphatic heterocycles. The second-order valence-corrected chi connectivity index (χ2v) is 4.53. The first kappa shape index (κ1) is 11.4. The van der Waals surface area contributed by atoms with E-state index in [0.29, 0.717) is 0 Å². The predicted octanol–water partition coefficient (Wildman–Crippen LogP) is 1.40. The van der Waals surface area contributed by atoms with E-state index in [1.165, 1.54) is 11.1 Å². The van der Waals surface area contributed by atoms with Gasteiger partial charge in [-0.2, -0.15) is 0 Å². The molecule has 3 heteroatoms. The first-order valence-electron chi connectivity index (χ1n) is 5.97. The maximum Gasteiger partial charge on any atom is 0.0664 e. The SMILES string of the molecule is CCC(O)CN1CCc2cccc(N)c2C1. The van der Waals surface area contributed by atoms with Crippen molar-refractivity contribution in [2.24, 2.45) is 0 Å². The van der Waals surface area contributed by atoms with Crippen molar-refractivity contribution >= 4 is 5.69 Å². The predicted molar refractivity (Wildman–Crippen MR) is 66.1 cm³/mol. The van der Waals surface area contributed by atoms with Crippen LogP contribution in [0.1, 0.15) is 24.5 Å². The van der Waals surface area contributed by atoms with Crippen LogP contribution in [0.25, 0.3) is 0 Å². The summed E-state index contributed by atoms with van der Waals surface area (Å²) in [5.41, 5.74) is 9.47. The molecule has 0 bridgehead atoms. The first-order valence-corrected chi connectivity index (χ1v) is 5.97. The van der Waals surface area contributed by atoms with E-state index < -0.39 is 0 Å². The maximum absolute atomic E-state index is 9.65. The topological polar surface area (TPSA) is 49.5 Å². The zero-order valence-electron chi connectivity index (χ0n) is 9.82. The van der Waals surface area contributed by atoms with Crippen LogP contribution in [-0.2, 0) is 13.0 Å². The third kappa shape index (κ3) is 2.36. The number of anilines is 1. The lowest BCUT2D eigenvalue weighted by atomic mass is 9.98. The highest BCUT2D eigenvalue weighted by molar-refractivity contribution is 5.51. The van der Waals surface area contributed by atoms with Crippen molar-refractivity contribution in [2.75, 3.05) is 18.8 Å². The Labute approximate surface area is 96.9 Å². The van der Waals surface area contributed by atoms with Crippen LogP contribution < -0.4 is 5.73 Å². The molecular weight excluding hydrogens is 200 g/mol. The van der Waals surface area contributed by atoms with E-state index in [1.807, 2.05) is 19.1 Å². The smallest absolute Gasteiger partial charge is 0.0664 e. The molecule has 1 aromatic carbocycles. The van der Waals surface area contributed by atoms with Gasteiger partial charge in [-0.05, 0) is 30.0 Å². The zero-order valence-corrected chi connectivity index (χ0v) is 9.82. The summed E-state index contributed by atoms with van der Waals surface area (Å²) >= 11 is 0. The summed E-state index contributed by atoms with van der Waals surface area (Å²) in [4.78, 5) is 2.28. The Hall–Kier alpha value is -1.06. The van der Waals surface area contributed by atoms with E-state index in [0.717, 1.165) is 38.2 Å². The summed E-state index contributed by atoms with van der Waals surface area (Å²) in [5, 5.41) is 9.65. The molecule has 88 valence electrons. The number of nitrogens with two attached hydrogens (primary N) is 1. The molecule has 0 amide bonds.